The number of aliphatic hydroxyl groups is 1. The number of likely N-dealkylation sites (tertiary alicyclic amines) is 1. The van der Waals surface area contributed by atoms with E-state index < -0.39 is 6.10 Å². The average Bonchev–Trinajstić information content (AvgIpc) is 2.84. The van der Waals surface area contributed by atoms with Gasteiger partial charge < -0.3 is 10.4 Å². The van der Waals surface area contributed by atoms with Crippen molar-refractivity contribution in [2.75, 3.05) is 20.1 Å². The van der Waals surface area contributed by atoms with Crippen molar-refractivity contribution in [1.29, 1.82) is 0 Å². The quantitative estimate of drug-likeness (QED) is 0.644. The number of carbonyl (C=O) groups is 1. The van der Waals surface area contributed by atoms with Gasteiger partial charge >= 0.3 is 0 Å². The minimum atomic E-state index is -0.447. The summed E-state index contributed by atoms with van der Waals surface area (Å²) in [6, 6.07) is 20.0. The van der Waals surface area contributed by atoms with Crippen molar-refractivity contribution in [2.24, 2.45) is 0 Å². The number of ketones is 1. The SMILES string of the molecule is C1CCNCC1.CN1[C@@H](CC(=O)c2ccccc2)CCC[C@H]1C[C@H](O)c1ccccc1. The Kier molecular flexibility index (Phi) is 9.73. The molecule has 168 valence electrons. The first-order valence-corrected chi connectivity index (χ1v) is 11.9. The molecule has 2 heterocycles. The predicted octanol–water partition coefficient (Wildman–Crippen LogP) is 5.00. The van der Waals surface area contributed by atoms with Crippen molar-refractivity contribution < 1.29 is 9.90 Å². The van der Waals surface area contributed by atoms with Crippen LogP contribution in [0.1, 0.15) is 73.4 Å². The summed E-state index contributed by atoms with van der Waals surface area (Å²) >= 11 is 0. The summed E-state index contributed by atoms with van der Waals surface area (Å²) in [5.74, 6) is 0.210. The monoisotopic (exact) mass is 422 g/mol. The molecule has 4 rings (SSSR count). The second-order valence-corrected chi connectivity index (χ2v) is 8.87. The minimum Gasteiger partial charge on any atom is -0.388 e. The predicted molar refractivity (Wildman–Crippen MR) is 127 cm³/mol. The third kappa shape index (κ3) is 7.57. The molecular weight excluding hydrogens is 384 g/mol. The van der Waals surface area contributed by atoms with Crippen LogP contribution >= 0.6 is 0 Å². The minimum absolute atomic E-state index is 0.210. The van der Waals surface area contributed by atoms with E-state index in [9.17, 15) is 9.90 Å². The largest absolute Gasteiger partial charge is 0.388 e. The molecule has 31 heavy (non-hydrogen) atoms. The van der Waals surface area contributed by atoms with Crippen molar-refractivity contribution in [3.63, 3.8) is 0 Å². The molecule has 0 unspecified atom stereocenters. The van der Waals surface area contributed by atoms with Gasteiger partial charge in [-0.05, 0) is 57.8 Å². The van der Waals surface area contributed by atoms with E-state index in [0.717, 1.165) is 36.8 Å². The van der Waals surface area contributed by atoms with Gasteiger partial charge in [0.05, 0.1) is 6.10 Å². The lowest BCUT2D eigenvalue weighted by atomic mass is 9.88. The van der Waals surface area contributed by atoms with Gasteiger partial charge in [0, 0.05) is 24.1 Å². The van der Waals surface area contributed by atoms with Crippen molar-refractivity contribution in [2.45, 2.75) is 69.6 Å². The number of Topliss-reactive ketones (excluding diaryl/α,β-unsaturated/α-hetero) is 1. The van der Waals surface area contributed by atoms with Gasteiger partial charge in [-0.15, -0.1) is 0 Å². The van der Waals surface area contributed by atoms with Crippen LogP contribution < -0.4 is 5.32 Å². The summed E-state index contributed by atoms with van der Waals surface area (Å²) in [5, 5.41) is 13.8. The van der Waals surface area contributed by atoms with Crippen LogP contribution in [-0.4, -0.2) is 48.0 Å². The molecule has 4 heteroatoms. The lowest BCUT2D eigenvalue weighted by molar-refractivity contribution is 0.0549. The molecule has 2 fully saturated rings. The smallest absolute Gasteiger partial charge is 0.164 e. The first-order chi connectivity index (χ1) is 15.1. The molecule has 0 amide bonds. The zero-order chi connectivity index (χ0) is 21.9. The van der Waals surface area contributed by atoms with Gasteiger partial charge in [0.1, 0.15) is 0 Å². The van der Waals surface area contributed by atoms with Crippen LogP contribution in [0.25, 0.3) is 0 Å². The molecule has 2 aliphatic heterocycles. The Hall–Kier alpha value is -2.01. The standard InChI is InChI=1S/C22H27NO2.C5H11N/c1-23-19(15-21(24)17-9-4-2-5-10-17)13-8-14-20(23)16-22(25)18-11-6-3-7-12-18;1-2-4-6-5-3-1/h2-7,9-12,19-21,24H,8,13-16H2,1H3;6H,1-5H2/t19-,20+,21-;/m0./s1. The molecule has 4 nitrogen and oxygen atoms in total. The summed E-state index contributed by atoms with van der Waals surface area (Å²) in [7, 11) is 2.10. The Bertz CT molecular complexity index is 750. The lowest BCUT2D eigenvalue weighted by Crippen LogP contribution is -2.45. The Balaban J connectivity index is 0.000000391. The van der Waals surface area contributed by atoms with E-state index in [1.807, 2.05) is 60.7 Å². The van der Waals surface area contributed by atoms with Crippen molar-refractivity contribution in [3.05, 3.63) is 71.8 Å². The van der Waals surface area contributed by atoms with E-state index in [1.165, 1.54) is 32.4 Å². The fraction of sp³-hybridized carbons (Fsp3) is 0.519. The molecule has 0 spiro atoms. The summed E-state index contributed by atoms with van der Waals surface area (Å²) in [6.45, 7) is 2.50. The number of hydrogen-bond donors (Lipinski definition) is 2. The number of carbonyl (C=O) groups excluding carboxylic acids is 1. The molecule has 0 aliphatic carbocycles. The number of benzene rings is 2. The topological polar surface area (TPSA) is 52.6 Å². The van der Waals surface area contributed by atoms with Crippen LogP contribution in [0.5, 0.6) is 0 Å². The molecule has 2 saturated heterocycles. The van der Waals surface area contributed by atoms with Gasteiger partial charge in [-0.2, -0.15) is 0 Å². The fourth-order valence-electron chi connectivity index (χ4n) is 4.65. The molecule has 0 saturated carbocycles. The molecule has 0 bridgehead atoms. The highest BCUT2D eigenvalue weighted by atomic mass is 16.3. The lowest BCUT2D eigenvalue weighted by Gasteiger charge is -2.40. The highest BCUT2D eigenvalue weighted by Crippen LogP contribution is 2.30. The van der Waals surface area contributed by atoms with E-state index in [2.05, 4.69) is 17.3 Å². The van der Waals surface area contributed by atoms with Gasteiger partial charge in [-0.25, -0.2) is 0 Å². The van der Waals surface area contributed by atoms with E-state index >= 15 is 0 Å². The molecule has 0 radical (unpaired) electrons. The number of rotatable bonds is 6. The van der Waals surface area contributed by atoms with Gasteiger partial charge in [0.15, 0.2) is 5.78 Å². The third-order valence-electron chi connectivity index (χ3n) is 6.63. The number of piperidine rings is 2. The van der Waals surface area contributed by atoms with E-state index in [4.69, 9.17) is 0 Å². The highest BCUT2D eigenvalue weighted by Gasteiger charge is 2.30. The van der Waals surface area contributed by atoms with Crippen LogP contribution in [0.3, 0.4) is 0 Å². The second kappa shape index (κ2) is 12.7. The van der Waals surface area contributed by atoms with Gasteiger partial charge in [-0.1, -0.05) is 73.5 Å². The Morgan fingerprint density at radius 3 is 2.13 bits per heavy atom. The molecule has 2 aliphatic rings. The molecule has 0 aromatic heterocycles. The maximum absolute atomic E-state index is 12.5. The van der Waals surface area contributed by atoms with E-state index in [0.29, 0.717) is 12.5 Å². The van der Waals surface area contributed by atoms with Crippen LogP contribution in [0.15, 0.2) is 60.7 Å². The van der Waals surface area contributed by atoms with Crippen LogP contribution in [0.4, 0.5) is 0 Å². The highest BCUT2D eigenvalue weighted by molar-refractivity contribution is 5.96. The van der Waals surface area contributed by atoms with Crippen molar-refractivity contribution >= 4 is 5.78 Å². The first-order valence-electron chi connectivity index (χ1n) is 11.9. The summed E-state index contributed by atoms with van der Waals surface area (Å²) in [4.78, 5) is 14.8. The Labute approximate surface area is 187 Å². The maximum Gasteiger partial charge on any atom is 0.164 e. The van der Waals surface area contributed by atoms with Crippen molar-refractivity contribution in [3.8, 4) is 0 Å². The Morgan fingerprint density at radius 2 is 1.55 bits per heavy atom. The van der Waals surface area contributed by atoms with Gasteiger partial charge in [-0.3, -0.25) is 9.69 Å². The van der Waals surface area contributed by atoms with Crippen LogP contribution in [0.2, 0.25) is 0 Å². The van der Waals surface area contributed by atoms with Gasteiger partial charge in [0.2, 0.25) is 0 Å². The average molecular weight is 423 g/mol. The zero-order valence-electron chi connectivity index (χ0n) is 18.9. The summed E-state index contributed by atoms with van der Waals surface area (Å²) in [5.41, 5.74) is 1.76. The number of hydrogen-bond acceptors (Lipinski definition) is 4. The fourth-order valence-corrected chi connectivity index (χ4v) is 4.65. The van der Waals surface area contributed by atoms with Crippen molar-refractivity contribution in [1.82, 2.24) is 10.2 Å². The third-order valence-corrected chi connectivity index (χ3v) is 6.63. The molecule has 2 aromatic carbocycles. The first kappa shape index (κ1) is 23.6. The number of nitrogens with zero attached hydrogens (tertiary/aromatic N) is 1. The maximum atomic E-state index is 12.5. The van der Waals surface area contributed by atoms with Crippen LogP contribution in [0, 0.1) is 0 Å². The van der Waals surface area contributed by atoms with E-state index in [1.54, 1.807) is 0 Å². The normalized spacial score (nSPS) is 22.8. The second-order valence-electron chi connectivity index (χ2n) is 8.87. The summed E-state index contributed by atoms with van der Waals surface area (Å²) < 4.78 is 0. The number of nitrogens with one attached hydrogen (secondary N) is 1. The molecule has 2 aromatic rings. The molecular formula is C27H38N2O2. The van der Waals surface area contributed by atoms with Gasteiger partial charge in [0.25, 0.3) is 0 Å². The molecule has 3 atom stereocenters. The summed E-state index contributed by atoms with van der Waals surface area (Å²) in [6.07, 6.45) is 8.28. The zero-order valence-corrected chi connectivity index (χ0v) is 18.9. The van der Waals surface area contributed by atoms with Crippen LogP contribution in [-0.2, 0) is 0 Å². The Morgan fingerprint density at radius 1 is 0.935 bits per heavy atom. The number of aliphatic hydroxyl groups excluding tert-OH is 1. The van der Waals surface area contributed by atoms with E-state index in [-0.39, 0.29) is 11.8 Å². The molecule has 2 N–H and O–H groups in total.